The van der Waals surface area contributed by atoms with Gasteiger partial charge in [0.2, 0.25) is 0 Å². The molecule has 28 heavy (non-hydrogen) atoms. The Hall–Kier alpha value is -0.960. The van der Waals surface area contributed by atoms with Crippen molar-refractivity contribution in [2.24, 2.45) is 5.92 Å². The monoisotopic (exact) mass is 396 g/mol. The van der Waals surface area contributed by atoms with Crippen LogP contribution < -0.4 is 0 Å². The van der Waals surface area contributed by atoms with Crippen LogP contribution in [0, 0.1) is 17.6 Å². The van der Waals surface area contributed by atoms with Gasteiger partial charge in [-0.3, -0.25) is 0 Å². The summed E-state index contributed by atoms with van der Waals surface area (Å²) in [6.45, 7) is 6.69. The molecular formula is C25H42F2O. The van der Waals surface area contributed by atoms with Gasteiger partial charge in [-0.2, -0.15) is 0 Å². The quantitative estimate of drug-likeness (QED) is 0.256. The van der Waals surface area contributed by atoms with Crippen molar-refractivity contribution in [1.82, 2.24) is 0 Å². The third-order valence-electron chi connectivity index (χ3n) is 6.11. The second kappa shape index (κ2) is 14.1. The molecule has 0 aliphatic carbocycles. The van der Waals surface area contributed by atoms with E-state index in [1.807, 2.05) is 7.11 Å². The van der Waals surface area contributed by atoms with Crippen molar-refractivity contribution < 1.29 is 13.5 Å². The summed E-state index contributed by atoms with van der Waals surface area (Å²) in [6.07, 6.45) is 15.7. The minimum atomic E-state index is -0.477. The number of unbranched alkanes of at least 4 members (excludes halogenated alkanes) is 8. The van der Waals surface area contributed by atoms with Crippen molar-refractivity contribution in [1.29, 1.82) is 0 Å². The Balaban J connectivity index is 2.26. The molecule has 1 aromatic rings. The van der Waals surface area contributed by atoms with Crippen LogP contribution in [0.3, 0.4) is 0 Å². The molecule has 0 radical (unpaired) electrons. The van der Waals surface area contributed by atoms with Crippen LogP contribution in [-0.2, 0) is 11.2 Å². The smallest absolute Gasteiger partial charge is 0.126 e. The van der Waals surface area contributed by atoms with E-state index in [0.29, 0.717) is 5.92 Å². The van der Waals surface area contributed by atoms with Gasteiger partial charge in [-0.15, -0.1) is 0 Å². The van der Waals surface area contributed by atoms with Gasteiger partial charge in [0.25, 0.3) is 0 Å². The van der Waals surface area contributed by atoms with Crippen molar-refractivity contribution in [3.63, 3.8) is 0 Å². The lowest BCUT2D eigenvalue weighted by Crippen LogP contribution is -2.33. The summed E-state index contributed by atoms with van der Waals surface area (Å²) in [5.41, 5.74) is 0.696. The van der Waals surface area contributed by atoms with Gasteiger partial charge >= 0.3 is 0 Å². The maximum absolute atomic E-state index is 13.2. The van der Waals surface area contributed by atoms with E-state index < -0.39 is 11.6 Å². The Kier molecular flexibility index (Phi) is 12.6. The number of hydrogen-bond acceptors (Lipinski definition) is 1. The van der Waals surface area contributed by atoms with Gasteiger partial charge in [-0.1, -0.05) is 64.7 Å². The normalized spacial score (nSPS) is 13.1. The van der Waals surface area contributed by atoms with Crippen molar-refractivity contribution >= 4 is 0 Å². The molecule has 0 spiro atoms. The Bertz CT molecular complexity index is 507. The highest BCUT2D eigenvalue weighted by molar-refractivity contribution is 5.17. The van der Waals surface area contributed by atoms with Crippen LogP contribution in [0.15, 0.2) is 18.2 Å². The average Bonchev–Trinajstić information content (AvgIpc) is 2.64. The van der Waals surface area contributed by atoms with Gasteiger partial charge in [-0.25, -0.2) is 8.78 Å². The zero-order valence-electron chi connectivity index (χ0n) is 18.7. The lowest BCUT2D eigenvalue weighted by atomic mass is 9.82. The third-order valence-corrected chi connectivity index (χ3v) is 6.11. The first-order chi connectivity index (χ1) is 13.4. The molecule has 0 saturated carbocycles. The largest absolute Gasteiger partial charge is 0.379 e. The fraction of sp³-hybridized carbons (Fsp3) is 0.760. The predicted octanol–water partition coefficient (Wildman–Crippen LogP) is 8.25. The fourth-order valence-corrected chi connectivity index (χ4v) is 4.01. The summed E-state index contributed by atoms with van der Waals surface area (Å²) in [7, 11) is 1.83. The molecule has 162 valence electrons. The van der Waals surface area contributed by atoms with Gasteiger partial charge in [0.1, 0.15) is 11.6 Å². The molecule has 0 heterocycles. The molecule has 1 aromatic carbocycles. The van der Waals surface area contributed by atoms with Crippen LogP contribution in [0.2, 0.25) is 0 Å². The molecule has 0 amide bonds. The number of methoxy groups -OCH3 is 1. The molecule has 0 saturated heterocycles. The first-order valence-electron chi connectivity index (χ1n) is 11.4. The van der Waals surface area contributed by atoms with Gasteiger partial charge in [0.05, 0.1) is 5.60 Å². The minimum absolute atomic E-state index is 0.0670. The van der Waals surface area contributed by atoms with E-state index in [9.17, 15) is 8.78 Å². The van der Waals surface area contributed by atoms with Crippen LogP contribution in [0.5, 0.6) is 0 Å². The molecule has 3 heteroatoms. The summed E-state index contributed by atoms with van der Waals surface area (Å²) < 4.78 is 32.2. The Morgan fingerprint density at radius 1 is 0.786 bits per heavy atom. The van der Waals surface area contributed by atoms with Crippen molar-refractivity contribution in [3.05, 3.63) is 35.4 Å². The molecule has 1 atom stereocenters. The molecule has 0 N–H and O–H groups in total. The number of benzene rings is 1. The maximum Gasteiger partial charge on any atom is 0.126 e. The number of rotatable bonds is 16. The summed E-state index contributed by atoms with van der Waals surface area (Å²) in [4.78, 5) is 0. The van der Waals surface area contributed by atoms with Gasteiger partial charge < -0.3 is 4.74 Å². The lowest BCUT2D eigenvalue weighted by Gasteiger charge is -2.33. The summed E-state index contributed by atoms with van der Waals surface area (Å²) in [6, 6.07) is 3.83. The van der Waals surface area contributed by atoms with Crippen molar-refractivity contribution in [2.75, 3.05) is 7.11 Å². The number of hydrogen-bond donors (Lipinski definition) is 0. The topological polar surface area (TPSA) is 9.23 Å². The number of ether oxygens (including phenoxy) is 1. The molecule has 0 aromatic heterocycles. The third kappa shape index (κ3) is 10.5. The first-order valence-corrected chi connectivity index (χ1v) is 11.4. The standard InChI is InChI=1S/C25H42F2O/c1-5-6-7-8-9-13-16-22(25(2,3)28-4)17-14-11-10-12-15-21-18-23(26)20-24(27)19-21/h18-20,22H,5-17H2,1-4H3. The highest BCUT2D eigenvalue weighted by Crippen LogP contribution is 2.31. The molecule has 0 aliphatic heterocycles. The fourth-order valence-electron chi connectivity index (χ4n) is 4.01. The summed E-state index contributed by atoms with van der Waals surface area (Å²) in [5, 5.41) is 0. The highest BCUT2D eigenvalue weighted by Gasteiger charge is 2.28. The summed E-state index contributed by atoms with van der Waals surface area (Å²) >= 11 is 0. The minimum Gasteiger partial charge on any atom is -0.379 e. The van der Waals surface area contributed by atoms with Crippen LogP contribution in [-0.4, -0.2) is 12.7 Å². The maximum atomic E-state index is 13.2. The SMILES string of the molecule is CCCCCCCCC(CCCCCCc1cc(F)cc(F)c1)C(C)(C)OC. The Morgan fingerprint density at radius 2 is 1.29 bits per heavy atom. The molecule has 0 fully saturated rings. The van der Waals surface area contributed by atoms with Crippen LogP contribution >= 0.6 is 0 Å². The zero-order valence-corrected chi connectivity index (χ0v) is 18.7. The first kappa shape index (κ1) is 25.1. The molecule has 1 unspecified atom stereocenters. The van der Waals surface area contributed by atoms with Crippen LogP contribution in [0.25, 0.3) is 0 Å². The van der Waals surface area contributed by atoms with Crippen molar-refractivity contribution in [3.8, 4) is 0 Å². The molecular weight excluding hydrogens is 354 g/mol. The number of aryl methyl sites for hydroxylation is 1. The second-order valence-corrected chi connectivity index (χ2v) is 8.79. The molecule has 1 nitrogen and oxygen atoms in total. The zero-order chi connectivity index (χ0) is 20.8. The average molecular weight is 397 g/mol. The Morgan fingerprint density at radius 3 is 1.82 bits per heavy atom. The van der Waals surface area contributed by atoms with E-state index in [4.69, 9.17) is 4.74 Å². The summed E-state index contributed by atoms with van der Waals surface area (Å²) in [5.74, 6) is -0.357. The van der Waals surface area contributed by atoms with Gasteiger partial charge in [0, 0.05) is 13.2 Å². The van der Waals surface area contributed by atoms with Gasteiger partial charge in [-0.05, 0) is 63.1 Å². The molecule has 0 aliphatic rings. The van der Waals surface area contributed by atoms with Crippen LogP contribution in [0.4, 0.5) is 8.78 Å². The Labute approximate surface area is 172 Å². The van der Waals surface area contributed by atoms with E-state index in [-0.39, 0.29) is 5.60 Å². The van der Waals surface area contributed by atoms with Gasteiger partial charge in [0.15, 0.2) is 0 Å². The van der Waals surface area contributed by atoms with Crippen molar-refractivity contribution in [2.45, 2.75) is 110 Å². The van der Waals surface area contributed by atoms with E-state index >= 15 is 0 Å². The van der Waals surface area contributed by atoms with E-state index in [1.54, 1.807) is 0 Å². The molecule has 0 bridgehead atoms. The van der Waals surface area contributed by atoms with E-state index in [2.05, 4.69) is 20.8 Å². The highest BCUT2D eigenvalue weighted by atomic mass is 19.1. The second-order valence-electron chi connectivity index (χ2n) is 8.79. The van der Waals surface area contributed by atoms with E-state index in [1.165, 1.54) is 76.3 Å². The lowest BCUT2D eigenvalue weighted by molar-refractivity contribution is -0.0352. The van der Waals surface area contributed by atoms with Crippen LogP contribution in [0.1, 0.15) is 103 Å². The predicted molar refractivity (Wildman–Crippen MR) is 116 cm³/mol. The van der Waals surface area contributed by atoms with E-state index in [0.717, 1.165) is 30.9 Å². The molecule has 1 rings (SSSR count). The number of halogens is 2.